The summed E-state index contributed by atoms with van der Waals surface area (Å²) in [6.45, 7) is 2.62. The summed E-state index contributed by atoms with van der Waals surface area (Å²) in [4.78, 5) is 50.8. The summed E-state index contributed by atoms with van der Waals surface area (Å²) < 4.78 is 0. The van der Waals surface area contributed by atoms with Gasteiger partial charge in [0.1, 0.15) is 6.42 Å². The number of imide groups is 2. The Morgan fingerprint density at radius 2 is 1.85 bits per heavy atom. The van der Waals surface area contributed by atoms with Gasteiger partial charge in [-0.1, -0.05) is 17.7 Å². The maximum atomic E-state index is 12.7. The van der Waals surface area contributed by atoms with E-state index in [0.29, 0.717) is 10.0 Å². The first-order valence-corrected chi connectivity index (χ1v) is 10.1. The Labute approximate surface area is 198 Å². The first kappa shape index (κ1) is 24.6. The molecule has 0 saturated carbocycles. The highest BCUT2D eigenvalue weighted by atomic mass is 35.5. The molecule has 1 aliphatic heterocycles. The molecule has 13 heteroatoms. The SMILES string of the molecule is CC(=O)N(C(=O)CC(=O)N1N=C(C)C(N=Nc2cccc(N([O-])O)c2)C1=O)c1ccc(Cl)cc1. The van der Waals surface area contributed by atoms with Gasteiger partial charge in [-0.3, -0.25) is 29.3 Å². The minimum absolute atomic E-state index is 0.0920. The number of hydrogen-bond acceptors (Lipinski definition) is 10. The van der Waals surface area contributed by atoms with Gasteiger partial charge in [-0.25, -0.2) is 0 Å². The molecule has 1 N–H and O–H groups in total. The molecule has 2 aromatic carbocycles. The number of halogens is 1. The number of carbonyl (C=O) groups is 4. The Kier molecular flexibility index (Phi) is 7.46. The molecule has 0 aliphatic carbocycles. The molecular formula is C21H18ClN6O6-. The highest BCUT2D eigenvalue weighted by molar-refractivity contribution is 6.30. The second-order valence-electron chi connectivity index (χ2n) is 7.10. The standard InChI is InChI=1S/C21H18ClN6O6/c1-12-20(24-23-15-4-3-5-17(10-15)28(33)34)21(32)27(25-12)19(31)11-18(30)26(13(2)29)16-8-6-14(22)7-9-16/h3-10,20,33H,11H2,1-2H3/q-1. The largest absolute Gasteiger partial charge is 0.733 e. The third-order valence-corrected chi connectivity index (χ3v) is 4.88. The Hall–Kier alpha value is -4.00. The van der Waals surface area contributed by atoms with Crippen LogP contribution in [0.25, 0.3) is 0 Å². The van der Waals surface area contributed by atoms with Crippen molar-refractivity contribution in [2.75, 3.05) is 10.1 Å². The summed E-state index contributed by atoms with van der Waals surface area (Å²) in [5, 5.41) is 32.1. The van der Waals surface area contributed by atoms with E-state index in [2.05, 4.69) is 15.3 Å². The van der Waals surface area contributed by atoms with Crippen LogP contribution in [0.5, 0.6) is 0 Å². The topological polar surface area (TPSA) is 158 Å². The smallest absolute Gasteiger partial charge is 0.282 e. The van der Waals surface area contributed by atoms with Crippen molar-refractivity contribution in [2.24, 2.45) is 15.3 Å². The van der Waals surface area contributed by atoms with Crippen molar-refractivity contribution < 1.29 is 24.4 Å². The molecule has 4 amide bonds. The lowest BCUT2D eigenvalue weighted by Gasteiger charge is -2.21. The van der Waals surface area contributed by atoms with E-state index in [1.54, 1.807) is 0 Å². The molecule has 34 heavy (non-hydrogen) atoms. The number of nitrogens with zero attached hydrogens (tertiary/aromatic N) is 6. The van der Waals surface area contributed by atoms with Gasteiger partial charge in [0.15, 0.2) is 6.04 Å². The molecule has 176 valence electrons. The molecule has 1 aliphatic rings. The van der Waals surface area contributed by atoms with Gasteiger partial charge < -0.3 is 10.4 Å². The van der Waals surface area contributed by atoms with Gasteiger partial charge in [0.25, 0.3) is 11.8 Å². The van der Waals surface area contributed by atoms with Gasteiger partial charge in [-0.15, -0.1) is 0 Å². The van der Waals surface area contributed by atoms with E-state index >= 15 is 0 Å². The third-order valence-electron chi connectivity index (χ3n) is 4.62. The Bertz CT molecular complexity index is 1200. The Morgan fingerprint density at radius 1 is 1.18 bits per heavy atom. The van der Waals surface area contributed by atoms with E-state index in [1.807, 2.05) is 0 Å². The lowest BCUT2D eigenvalue weighted by molar-refractivity contribution is -0.144. The molecule has 1 atom stereocenters. The second kappa shape index (κ2) is 10.3. The molecule has 2 aromatic rings. The van der Waals surface area contributed by atoms with Crippen LogP contribution in [-0.4, -0.2) is 45.6 Å². The van der Waals surface area contributed by atoms with E-state index in [-0.39, 0.29) is 28.0 Å². The molecule has 0 fully saturated rings. The molecule has 1 unspecified atom stereocenters. The number of anilines is 2. The first-order chi connectivity index (χ1) is 16.1. The fourth-order valence-corrected chi connectivity index (χ4v) is 3.17. The van der Waals surface area contributed by atoms with Crippen molar-refractivity contribution in [2.45, 2.75) is 26.3 Å². The average molecular weight is 486 g/mol. The molecule has 12 nitrogen and oxygen atoms in total. The van der Waals surface area contributed by atoms with Gasteiger partial charge in [0.05, 0.1) is 22.8 Å². The first-order valence-electron chi connectivity index (χ1n) is 9.76. The van der Waals surface area contributed by atoms with Crippen molar-refractivity contribution in [3.63, 3.8) is 0 Å². The minimum atomic E-state index is -1.22. The fourth-order valence-electron chi connectivity index (χ4n) is 3.04. The maximum Gasteiger partial charge on any atom is 0.282 e. The summed E-state index contributed by atoms with van der Waals surface area (Å²) >= 11 is 5.83. The normalized spacial score (nSPS) is 15.4. The van der Waals surface area contributed by atoms with Crippen molar-refractivity contribution in [1.82, 2.24) is 5.01 Å². The molecule has 3 rings (SSSR count). The van der Waals surface area contributed by atoms with Gasteiger partial charge in [-0.2, -0.15) is 20.3 Å². The van der Waals surface area contributed by atoms with E-state index in [9.17, 15) is 24.4 Å². The van der Waals surface area contributed by atoms with Crippen LogP contribution in [0.3, 0.4) is 0 Å². The molecule has 0 bridgehead atoms. The number of hydrogen-bond donors (Lipinski definition) is 1. The highest BCUT2D eigenvalue weighted by Crippen LogP contribution is 2.23. The van der Waals surface area contributed by atoms with Crippen LogP contribution in [0.2, 0.25) is 5.02 Å². The Balaban J connectivity index is 1.72. The van der Waals surface area contributed by atoms with Gasteiger partial charge in [0, 0.05) is 11.9 Å². The van der Waals surface area contributed by atoms with Gasteiger partial charge >= 0.3 is 0 Å². The fraction of sp³-hybridized carbons (Fsp3) is 0.190. The minimum Gasteiger partial charge on any atom is -0.733 e. The van der Waals surface area contributed by atoms with E-state index in [0.717, 1.165) is 11.8 Å². The van der Waals surface area contributed by atoms with Gasteiger partial charge in [-0.05, 0) is 49.4 Å². The molecular weight excluding hydrogens is 468 g/mol. The van der Waals surface area contributed by atoms with Crippen LogP contribution in [0.15, 0.2) is 63.9 Å². The summed E-state index contributed by atoms with van der Waals surface area (Å²) in [5.41, 5.74) is 0.452. The van der Waals surface area contributed by atoms with Crippen LogP contribution in [-0.2, 0) is 19.2 Å². The lowest BCUT2D eigenvalue weighted by Crippen LogP contribution is -2.41. The third kappa shape index (κ3) is 5.49. The van der Waals surface area contributed by atoms with Crippen molar-refractivity contribution in [3.8, 4) is 0 Å². The van der Waals surface area contributed by atoms with Crippen LogP contribution >= 0.6 is 11.6 Å². The van der Waals surface area contributed by atoms with Crippen molar-refractivity contribution >= 4 is 58.0 Å². The maximum absolute atomic E-state index is 12.7. The summed E-state index contributed by atoms with van der Waals surface area (Å²) in [5.74, 6) is -3.25. The van der Waals surface area contributed by atoms with Crippen LogP contribution < -0.4 is 10.1 Å². The molecule has 0 spiro atoms. The molecule has 0 aromatic heterocycles. The lowest BCUT2D eigenvalue weighted by atomic mass is 10.2. The van der Waals surface area contributed by atoms with Crippen LogP contribution in [0.1, 0.15) is 20.3 Å². The second-order valence-corrected chi connectivity index (χ2v) is 7.53. The van der Waals surface area contributed by atoms with Crippen molar-refractivity contribution in [1.29, 1.82) is 0 Å². The number of azo groups is 1. The number of rotatable bonds is 6. The summed E-state index contributed by atoms with van der Waals surface area (Å²) in [7, 11) is 0. The van der Waals surface area contributed by atoms with Crippen LogP contribution in [0.4, 0.5) is 17.1 Å². The molecule has 0 radical (unpaired) electrons. The zero-order valence-corrected chi connectivity index (χ0v) is 18.7. The predicted octanol–water partition coefficient (Wildman–Crippen LogP) is 3.20. The van der Waals surface area contributed by atoms with Crippen LogP contribution in [0, 0.1) is 5.21 Å². The van der Waals surface area contributed by atoms with Gasteiger partial charge in [0.2, 0.25) is 11.8 Å². The van der Waals surface area contributed by atoms with E-state index in [1.165, 1.54) is 55.5 Å². The Morgan fingerprint density at radius 3 is 2.47 bits per heavy atom. The highest BCUT2D eigenvalue weighted by Gasteiger charge is 2.39. The average Bonchev–Trinajstić information content (AvgIpc) is 3.07. The zero-order valence-electron chi connectivity index (χ0n) is 18.0. The number of hydrazone groups is 1. The molecule has 1 heterocycles. The summed E-state index contributed by atoms with van der Waals surface area (Å²) in [6, 6.07) is 10.2. The number of amides is 4. The summed E-state index contributed by atoms with van der Waals surface area (Å²) in [6.07, 6.45) is -0.799. The quantitative estimate of drug-likeness (QED) is 0.373. The molecule has 0 saturated heterocycles. The monoisotopic (exact) mass is 485 g/mol. The zero-order chi connectivity index (χ0) is 25.0. The predicted molar refractivity (Wildman–Crippen MR) is 122 cm³/mol. The van der Waals surface area contributed by atoms with E-state index in [4.69, 9.17) is 16.8 Å². The number of benzene rings is 2. The van der Waals surface area contributed by atoms with E-state index < -0.39 is 36.1 Å². The van der Waals surface area contributed by atoms with Crippen molar-refractivity contribution in [3.05, 3.63) is 58.8 Å². The number of carbonyl (C=O) groups excluding carboxylic acids is 4.